The zero-order valence-electron chi connectivity index (χ0n) is 12.2. The number of aromatic nitrogens is 1. The Morgan fingerprint density at radius 2 is 2.00 bits per heavy atom. The van der Waals surface area contributed by atoms with E-state index in [4.69, 9.17) is 15.5 Å². The van der Waals surface area contributed by atoms with Crippen LogP contribution in [0.1, 0.15) is 36.3 Å². The fourth-order valence-corrected chi connectivity index (χ4v) is 3.46. The number of ether oxygens (including phenoxy) is 1. The van der Waals surface area contributed by atoms with Crippen LogP contribution in [0, 0.1) is 0 Å². The van der Waals surface area contributed by atoms with Gasteiger partial charge in [0.2, 0.25) is 0 Å². The molecule has 0 bridgehead atoms. The second-order valence-electron chi connectivity index (χ2n) is 6.04. The van der Waals surface area contributed by atoms with Crippen molar-refractivity contribution in [2.75, 3.05) is 32.8 Å². The summed E-state index contributed by atoms with van der Waals surface area (Å²) >= 11 is 1.78. The molecule has 0 aliphatic carbocycles. The van der Waals surface area contributed by atoms with E-state index in [1.54, 1.807) is 11.3 Å². The van der Waals surface area contributed by atoms with Crippen molar-refractivity contribution >= 4 is 11.3 Å². The summed E-state index contributed by atoms with van der Waals surface area (Å²) in [6.45, 7) is 12.1. The van der Waals surface area contributed by atoms with Gasteiger partial charge in [0, 0.05) is 42.9 Å². The van der Waals surface area contributed by atoms with Crippen molar-refractivity contribution in [1.29, 1.82) is 0 Å². The summed E-state index contributed by atoms with van der Waals surface area (Å²) in [5, 5.41) is 1.22. The highest BCUT2D eigenvalue weighted by Crippen LogP contribution is 2.29. The summed E-state index contributed by atoms with van der Waals surface area (Å²) in [6, 6.07) is 0. The third kappa shape index (κ3) is 3.99. The van der Waals surface area contributed by atoms with Gasteiger partial charge < -0.3 is 10.5 Å². The van der Waals surface area contributed by atoms with Gasteiger partial charge in [-0.3, -0.25) is 4.90 Å². The molecule has 0 saturated carbocycles. The smallest absolute Gasteiger partial charge is 0.0944 e. The van der Waals surface area contributed by atoms with E-state index in [0.29, 0.717) is 6.54 Å². The zero-order valence-corrected chi connectivity index (χ0v) is 13.1. The lowest BCUT2D eigenvalue weighted by Crippen LogP contribution is -2.37. The Balaban J connectivity index is 1.98. The third-order valence-corrected chi connectivity index (χ3v) is 4.52. The van der Waals surface area contributed by atoms with Crippen molar-refractivity contribution in [2.24, 2.45) is 5.73 Å². The largest absolute Gasteiger partial charge is 0.379 e. The Hall–Kier alpha value is -0.490. The molecular formula is C14H25N3OS. The number of nitrogens with zero attached hydrogens (tertiary/aromatic N) is 2. The normalized spacial score (nSPS) is 17.9. The van der Waals surface area contributed by atoms with Crippen molar-refractivity contribution < 1.29 is 4.74 Å². The molecule has 108 valence electrons. The van der Waals surface area contributed by atoms with Crippen LogP contribution in [0.5, 0.6) is 0 Å². The van der Waals surface area contributed by atoms with Crippen molar-refractivity contribution in [1.82, 2.24) is 9.88 Å². The zero-order chi connectivity index (χ0) is 13.9. The highest BCUT2D eigenvalue weighted by atomic mass is 32.1. The molecule has 0 spiro atoms. The molecule has 0 unspecified atom stereocenters. The quantitative estimate of drug-likeness (QED) is 0.915. The first kappa shape index (κ1) is 14.9. The number of hydrogen-bond donors (Lipinski definition) is 1. The van der Waals surface area contributed by atoms with Crippen LogP contribution in [0.4, 0.5) is 0 Å². The summed E-state index contributed by atoms with van der Waals surface area (Å²) in [5.74, 6) is 0. The molecule has 0 atom stereocenters. The standard InChI is InChI=1S/C14H25N3OS/c1-14(2,3)13-11(10-15)19-12(16-13)4-5-17-6-8-18-9-7-17/h4-10,15H2,1-3H3. The lowest BCUT2D eigenvalue weighted by Gasteiger charge is -2.26. The number of nitrogens with two attached hydrogens (primary N) is 1. The monoisotopic (exact) mass is 283 g/mol. The van der Waals surface area contributed by atoms with Crippen LogP contribution in [0.2, 0.25) is 0 Å². The minimum absolute atomic E-state index is 0.0857. The SMILES string of the molecule is CC(C)(C)c1nc(CCN2CCOCC2)sc1CN. The van der Waals surface area contributed by atoms with Gasteiger partial charge in [-0.15, -0.1) is 11.3 Å². The average Bonchev–Trinajstić information content (AvgIpc) is 2.81. The molecule has 1 aliphatic rings. The first-order chi connectivity index (χ1) is 9.00. The summed E-state index contributed by atoms with van der Waals surface area (Å²) in [7, 11) is 0. The molecular weight excluding hydrogens is 258 g/mol. The highest BCUT2D eigenvalue weighted by Gasteiger charge is 2.22. The van der Waals surface area contributed by atoms with Crippen LogP contribution in [0.25, 0.3) is 0 Å². The van der Waals surface area contributed by atoms with Crippen LogP contribution in [-0.4, -0.2) is 42.7 Å². The molecule has 1 fully saturated rings. The summed E-state index contributed by atoms with van der Waals surface area (Å²) in [6.07, 6.45) is 1.02. The summed E-state index contributed by atoms with van der Waals surface area (Å²) < 4.78 is 5.37. The minimum atomic E-state index is 0.0857. The molecule has 4 nitrogen and oxygen atoms in total. The molecule has 0 aromatic carbocycles. The number of morpholine rings is 1. The van der Waals surface area contributed by atoms with Crippen LogP contribution in [0.15, 0.2) is 0 Å². The van der Waals surface area contributed by atoms with E-state index in [9.17, 15) is 0 Å². The van der Waals surface area contributed by atoms with Crippen LogP contribution in [0.3, 0.4) is 0 Å². The molecule has 2 N–H and O–H groups in total. The fraction of sp³-hybridized carbons (Fsp3) is 0.786. The molecule has 1 aromatic rings. The van der Waals surface area contributed by atoms with Crippen molar-refractivity contribution in [3.05, 3.63) is 15.6 Å². The molecule has 0 radical (unpaired) electrons. The van der Waals surface area contributed by atoms with E-state index in [1.807, 2.05) is 0 Å². The second-order valence-corrected chi connectivity index (χ2v) is 7.21. The lowest BCUT2D eigenvalue weighted by molar-refractivity contribution is 0.0384. The van der Waals surface area contributed by atoms with E-state index >= 15 is 0 Å². The van der Waals surface area contributed by atoms with Gasteiger partial charge in [-0.05, 0) is 0 Å². The van der Waals surface area contributed by atoms with Gasteiger partial charge in [-0.1, -0.05) is 20.8 Å². The molecule has 1 aliphatic heterocycles. The molecule has 19 heavy (non-hydrogen) atoms. The highest BCUT2D eigenvalue weighted by molar-refractivity contribution is 7.11. The predicted molar refractivity (Wildman–Crippen MR) is 79.7 cm³/mol. The van der Waals surface area contributed by atoms with Crippen LogP contribution in [-0.2, 0) is 23.1 Å². The van der Waals surface area contributed by atoms with Crippen molar-refractivity contribution in [3.63, 3.8) is 0 Å². The predicted octanol–water partition coefficient (Wildman–Crippen LogP) is 1.77. The molecule has 5 heteroatoms. The maximum atomic E-state index is 5.84. The van der Waals surface area contributed by atoms with E-state index in [-0.39, 0.29) is 5.41 Å². The summed E-state index contributed by atoms with van der Waals surface area (Å²) in [5.41, 5.74) is 7.11. The van der Waals surface area contributed by atoms with Crippen molar-refractivity contribution in [3.8, 4) is 0 Å². The van der Waals surface area contributed by atoms with E-state index < -0.39 is 0 Å². The Labute approximate surface area is 120 Å². The fourth-order valence-electron chi connectivity index (χ4n) is 2.31. The maximum absolute atomic E-state index is 5.84. The molecule has 2 rings (SSSR count). The summed E-state index contributed by atoms with van der Waals surface area (Å²) in [4.78, 5) is 8.51. The van der Waals surface area contributed by atoms with Gasteiger partial charge in [0.1, 0.15) is 0 Å². The maximum Gasteiger partial charge on any atom is 0.0944 e. The van der Waals surface area contributed by atoms with E-state index in [1.165, 1.54) is 15.6 Å². The molecule has 0 amide bonds. The Morgan fingerprint density at radius 3 is 2.53 bits per heavy atom. The van der Waals surface area contributed by atoms with Gasteiger partial charge in [0.05, 0.1) is 23.9 Å². The van der Waals surface area contributed by atoms with Crippen LogP contribution >= 0.6 is 11.3 Å². The number of hydrogen-bond acceptors (Lipinski definition) is 5. The topological polar surface area (TPSA) is 51.4 Å². The molecule has 1 saturated heterocycles. The molecule has 1 aromatic heterocycles. The first-order valence-corrected chi connectivity index (χ1v) is 7.81. The lowest BCUT2D eigenvalue weighted by atomic mass is 9.91. The minimum Gasteiger partial charge on any atom is -0.379 e. The average molecular weight is 283 g/mol. The van der Waals surface area contributed by atoms with Gasteiger partial charge >= 0.3 is 0 Å². The Bertz CT molecular complexity index is 405. The van der Waals surface area contributed by atoms with Crippen molar-refractivity contribution in [2.45, 2.75) is 39.2 Å². The van der Waals surface area contributed by atoms with Crippen LogP contribution < -0.4 is 5.73 Å². The van der Waals surface area contributed by atoms with E-state index in [0.717, 1.165) is 39.3 Å². The Morgan fingerprint density at radius 1 is 1.32 bits per heavy atom. The van der Waals surface area contributed by atoms with Gasteiger partial charge in [0.15, 0.2) is 0 Å². The van der Waals surface area contributed by atoms with Gasteiger partial charge in [-0.2, -0.15) is 0 Å². The molecule has 2 heterocycles. The number of rotatable bonds is 4. The number of thiazole rings is 1. The van der Waals surface area contributed by atoms with E-state index in [2.05, 4.69) is 25.7 Å². The Kier molecular flexibility index (Phi) is 4.95. The third-order valence-electron chi connectivity index (χ3n) is 3.38. The first-order valence-electron chi connectivity index (χ1n) is 7.00. The van der Waals surface area contributed by atoms with Gasteiger partial charge in [-0.25, -0.2) is 4.98 Å². The van der Waals surface area contributed by atoms with Gasteiger partial charge in [0.25, 0.3) is 0 Å². The second kappa shape index (κ2) is 6.31.